The number of hydrogen-bond donors (Lipinski definition) is 2. The van der Waals surface area contributed by atoms with Crippen LogP contribution in [0.4, 0.5) is 0 Å². The van der Waals surface area contributed by atoms with Crippen LogP contribution in [0.5, 0.6) is 0 Å². The number of carbonyl (C=O) groups excluding carboxylic acids is 1. The second kappa shape index (κ2) is 4.53. The van der Waals surface area contributed by atoms with E-state index >= 15 is 0 Å². The molecule has 0 spiro atoms. The van der Waals surface area contributed by atoms with Crippen LogP contribution in [0, 0.1) is 17.3 Å². The molecule has 1 amide bonds. The van der Waals surface area contributed by atoms with Crippen molar-refractivity contribution in [2.75, 3.05) is 7.11 Å². The zero-order valence-corrected chi connectivity index (χ0v) is 11.1. The standard InChI is InChI=1S/C13H21NO4/c1-13(2)9(10(13)12(16)17)11(15)14-7-4-5-8(6-7)18-3/h7-10H,4-6H2,1-3H3,(H,14,15)(H,16,17)/t7?,8?,9-,10+/m1/s1. The Kier molecular flexibility index (Phi) is 3.36. The number of methoxy groups -OCH3 is 1. The molecule has 2 saturated carbocycles. The molecule has 5 nitrogen and oxygen atoms in total. The Morgan fingerprint density at radius 2 is 1.94 bits per heavy atom. The van der Waals surface area contributed by atoms with Crippen LogP contribution in [-0.4, -0.2) is 36.2 Å². The first kappa shape index (κ1) is 13.3. The van der Waals surface area contributed by atoms with Gasteiger partial charge in [-0.05, 0) is 24.7 Å². The second-order valence-corrected chi connectivity index (χ2v) is 5.99. The van der Waals surface area contributed by atoms with Gasteiger partial charge >= 0.3 is 5.97 Å². The molecule has 0 radical (unpaired) electrons. The molecule has 102 valence electrons. The first-order valence-electron chi connectivity index (χ1n) is 6.44. The van der Waals surface area contributed by atoms with E-state index in [4.69, 9.17) is 9.84 Å². The second-order valence-electron chi connectivity index (χ2n) is 5.99. The average molecular weight is 255 g/mol. The monoisotopic (exact) mass is 255 g/mol. The fraction of sp³-hybridized carbons (Fsp3) is 0.846. The van der Waals surface area contributed by atoms with Crippen molar-refractivity contribution < 1.29 is 19.4 Å². The number of ether oxygens (including phenoxy) is 1. The lowest BCUT2D eigenvalue weighted by Crippen LogP contribution is -2.35. The molecule has 4 atom stereocenters. The fourth-order valence-corrected chi connectivity index (χ4v) is 3.16. The molecule has 0 heterocycles. The van der Waals surface area contributed by atoms with Gasteiger partial charge in [0.15, 0.2) is 0 Å². The smallest absolute Gasteiger partial charge is 0.307 e. The van der Waals surface area contributed by atoms with E-state index in [1.165, 1.54) is 0 Å². The first-order valence-corrected chi connectivity index (χ1v) is 6.44. The van der Waals surface area contributed by atoms with Crippen molar-refractivity contribution >= 4 is 11.9 Å². The maximum atomic E-state index is 12.1. The summed E-state index contributed by atoms with van der Waals surface area (Å²) in [5, 5.41) is 12.0. The summed E-state index contributed by atoms with van der Waals surface area (Å²) in [6.45, 7) is 3.67. The van der Waals surface area contributed by atoms with Crippen molar-refractivity contribution in [1.82, 2.24) is 5.32 Å². The Hall–Kier alpha value is -1.10. The molecule has 0 aromatic rings. The summed E-state index contributed by atoms with van der Waals surface area (Å²) in [5.41, 5.74) is -0.421. The van der Waals surface area contributed by atoms with Crippen LogP contribution in [0.15, 0.2) is 0 Å². The fourth-order valence-electron chi connectivity index (χ4n) is 3.16. The predicted octanol–water partition coefficient (Wildman–Crippen LogP) is 1.03. The summed E-state index contributed by atoms with van der Waals surface area (Å²) in [5.74, 6) is -1.93. The summed E-state index contributed by atoms with van der Waals surface area (Å²) < 4.78 is 5.25. The van der Waals surface area contributed by atoms with Crippen LogP contribution < -0.4 is 5.32 Å². The van der Waals surface area contributed by atoms with E-state index in [2.05, 4.69) is 5.32 Å². The summed E-state index contributed by atoms with van der Waals surface area (Å²) >= 11 is 0. The SMILES string of the molecule is COC1CCC(NC(=O)[C@H]2[C@@H](C(=O)O)C2(C)C)C1. The van der Waals surface area contributed by atoms with Gasteiger partial charge < -0.3 is 15.2 Å². The minimum absolute atomic E-state index is 0.117. The Morgan fingerprint density at radius 1 is 1.28 bits per heavy atom. The molecule has 0 bridgehead atoms. The molecular weight excluding hydrogens is 234 g/mol. The number of aliphatic carboxylic acids is 1. The number of amides is 1. The lowest BCUT2D eigenvalue weighted by atomic mass is 10.1. The van der Waals surface area contributed by atoms with E-state index in [0.717, 1.165) is 19.3 Å². The number of carboxylic acids is 1. The Labute approximate surface area is 107 Å². The molecule has 2 aliphatic carbocycles. The van der Waals surface area contributed by atoms with Crippen LogP contribution in [0.1, 0.15) is 33.1 Å². The third kappa shape index (κ3) is 2.23. The molecule has 2 unspecified atom stereocenters. The predicted molar refractivity (Wildman–Crippen MR) is 65.0 cm³/mol. The summed E-state index contributed by atoms with van der Waals surface area (Å²) in [6.07, 6.45) is 2.91. The van der Waals surface area contributed by atoms with Gasteiger partial charge in [-0.1, -0.05) is 13.8 Å². The molecule has 2 rings (SSSR count). The maximum absolute atomic E-state index is 12.1. The van der Waals surface area contributed by atoms with E-state index in [1.807, 2.05) is 13.8 Å². The molecule has 0 saturated heterocycles. The quantitative estimate of drug-likeness (QED) is 0.786. The third-order valence-corrected chi connectivity index (χ3v) is 4.44. The highest BCUT2D eigenvalue weighted by Gasteiger charge is 2.66. The molecule has 18 heavy (non-hydrogen) atoms. The first-order chi connectivity index (χ1) is 8.37. The molecule has 0 aromatic carbocycles. The van der Waals surface area contributed by atoms with Gasteiger partial charge in [0.2, 0.25) is 5.91 Å². The van der Waals surface area contributed by atoms with E-state index in [-0.39, 0.29) is 18.1 Å². The zero-order valence-electron chi connectivity index (χ0n) is 11.1. The topological polar surface area (TPSA) is 75.6 Å². The van der Waals surface area contributed by atoms with Crippen molar-refractivity contribution in [1.29, 1.82) is 0 Å². The van der Waals surface area contributed by atoms with Crippen LogP contribution in [-0.2, 0) is 14.3 Å². The Bertz CT molecular complexity index is 366. The highest BCUT2D eigenvalue weighted by atomic mass is 16.5. The number of carbonyl (C=O) groups is 2. The number of carboxylic acid groups (broad SMARTS) is 1. The van der Waals surface area contributed by atoms with E-state index < -0.39 is 23.2 Å². The molecule has 2 aliphatic rings. The van der Waals surface area contributed by atoms with Gasteiger partial charge in [-0.15, -0.1) is 0 Å². The van der Waals surface area contributed by atoms with Gasteiger partial charge in [0.1, 0.15) is 0 Å². The molecular formula is C13H21NO4. The third-order valence-electron chi connectivity index (χ3n) is 4.44. The minimum atomic E-state index is -0.874. The van der Waals surface area contributed by atoms with Crippen molar-refractivity contribution in [2.24, 2.45) is 17.3 Å². The molecule has 2 fully saturated rings. The Balaban J connectivity index is 1.89. The number of rotatable bonds is 4. The largest absolute Gasteiger partial charge is 0.481 e. The highest BCUT2D eigenvalue weighted by Crippen LogP contribution is 2.58. The van der Waals surface area contributed by atoms with Crippen molar-refractivity contribution in [3.8, 4) is 0 Å². The molecule has 2 N–H and O–H groups in total. The summed E-state index contributed by atoms with van der Waals surface area (Å²) in [7, 11) is 1.68. The lowest BCUT2D eigenvalue weighted by Gasteiger charge is -2.13. The number of hydrogen-bond acceptors (Lipinski definition) is 3. The molecule has 5 heteroatoms. The normalized spacial score (nSPS) is 37.3. The van der Waals surface area contributed by atoms with E-state index in [1.54, 1.807) is 7.11 Å². The highest BCUT2D eigenvalue weighted by molar-refractivity contribution is 5.91. The molecule has 0 aliphatic heterocycles. The van der Waals surface area contributed by atoms with Crippen LogP contribution >= 0.6 is 0 Å². The van der Waals surface area contributed by atoms with Crippen LogP contribution in [0.25, 0.3) is 0 Å². The zero-order chi connectivity index (χ0) is 13.5. The van der Waals surface area contributed by atoms with Gasteiger partial charge in [-0.25, -0.2) is 0 Å². The van der Waals surface area contributed by atoms with Crippen molar-refractivity contribution in [3.63, 3.8) is 0 Å². The Morgan fingerprint density at radius 3 is 2.39 bits per heavy atom. The molecule has 0 aromatic heterocycles. The van der Waals surface area contributed by atoms with Gasteiger partial charge in [0, 0.05) is 13.2 Å². The van der Waals surface area contributed by atoms with Crippen molar-refractivity contribution in [2.45, 2.75) is 45.3 Å². The minimum Gasteiger partial charge on any atom is -0.481 e. The lowest BCUT2D eigenvalue weighted by molar-refractivity contribution is -0.140. The van der Waals surface area contributed by atoms with E-state index in [9.17, 15) is 9.59 Å². The average Bonchev–Trinajstić information content (AvgIpc) is 2.67. The van der Waals surface area contributed by atoms with Gasteiger partial charge in [-0.3, -0.25) is 9.59 Å². The van der Waals surface area contributed by atoms with Gasteiger partial charge in [0.25, 0.3) is 0 Å². The van der Waals surface area contributed by atoms with Crippen molar-refractivity contribution in [3.05, 3.63) is 0 Å². The summed E-state index contributed by atoms with van der Waals surface area (Å²) in [6, 6.07) is 0.133. The van der Waals surface area contributed by atoms with Gasteiger partial charge in [0.05, 0.1) is 17.9 Å². The van der Waals surface area contributed by atoms with Gasteiger partial charge in [-0.2, -0.15) is 0 Å². The van der Waals surface area contributed by atoms with Crippen LogP contribution in [0.3, 0.4) is 0 Å². The maximum Gasteiger partial charge on any atom is 0.307 e. The number of nitrogens with one attached hydrogen (secondary N) is 1. The van der Waals surface area contributed by atoms with E-state index in [0.29, 0.717) is 0 Å². The summed E-state index contributed by atoms with van der Waals surface area (Å²) in [4.78, 5) is 23.1. The van der Waals surface area contributed by atoms with Crippen LogP contribution in [0.2, 0.25) is 0 Å².